The fraction of sp³-hybridized carbons (Fsp3) is 0.429. The number of pyridine rings is 1. The number of aromatic nitrogens is 2. The molecule has 1 aliphatic heterocycles. The Balaban J connectivity index is 1.19. The largest absolute Gasteiger partial charge is 0.474 e. The van der Waals surface area contributed by atoms with Gasteiger partial charge in [-0.2, -0.15) is 0 Å². The number of thiazole rings is 1. The fourth-order valence-electron chi connectivity index (χ4n) is 3.99. The predicted molar refractivity (Wildman–Crippen MR) is 110 cm³/mol. The lowest BCUT2D eigenvalue weighted by atomic mass is 9.88. The molecule has 1 saturated carbocycles. The maximum absolute atomic E-state index is 6.27. The summed E-state index contributed by atoms with van der Waals surface area (Å²) < 4.78 is 7.50. The summed E-state index contributed by atoms with van der Waals surface area (Å²) in [6, 6.07) is 12.9. The third-order valence-corrected chi connectivity index (χ3v) is 6.54. The average molecular weight is 381 g/mol. The predicted octanol–water partition coefficient (Wildman–Crippen LogP) is 4.18. The van der Waals surface area contributed by atoms with Crippen molar-refractivity contribution in [2.75, 3.05) is 18.4 Å². The molecule has 2 aliphatic rings. The van der Waals surface area contributed by atoms with Gasteiger partial charge in [-0.1, -0.05) is 29.5 Å². The second-order valence-corrected chi connectivity index (χ2v) is 8.49. The van der Waals surface area contributed by atoms with E-state index in [0.717, 1.165) is 55.3 Å². The van der Waals surface area contributed by atoms with Crippen molar-refractivity contribution in [3.8, 4) is 5.88 Å². The van der Waals surface area contributed by atoms with Crippen LogP contribution in [0, 0.1) is 0 Å². The Morgan fingerprint density at radius 3 is 2.78 bits per heavy atom. The lowest BCUT2D eigenvalue weighted by molar-refractivity contribution is 0.101. The van der Waals surface area contributed by atoms with E-state index in [1.807, 2.05) is 18.3 Å². The molecule has 27 heavy (non-hydrogen) atoms. The molecule has 5 rings (SSSR count). The minimum absolute atomic E-state index is 0.243. The monoisotopic (exact) mass is 380 g/mol. The third-order valence-electron chi connectivity index (χ3n) is 5.57. The molecule has 0 atom stereocenters. The van der Waals surface area contributed by atoms with Crippen molar-refractivity contribution in [3.05, 3.63) is 48.2 Å². The number of para-hydroxylation sites is 1. The summed E-state index contributed by atoms with van der Waals surface area (Å²) in [6.45, 7) is 2.16. The van der Waals surface area contributed by atoms with Crippen LogP contribution in [0.1, 0.15) is 37.2 Å². The molecule has 0 radical (unpaired) electrons. The van der Waals surface area contributed by atoms with Gasteiger partial charge in [-0.15, -0.1) is 0 Å². The molecule has 0 unspecified atom stereocenters. The van der Waals surface area contributed by atoms with Crippen LogP contribution in [0.2, 0.25) is 0 Å². The van der Waals surface area contributed by atoms with Gasteiger partial charge in [0.25, 0.3) is 0 Å². The van der Waals surface area contributed by atoms with Crippen LogP contribution in [0.4, 0.5) is 5.13 Å². The van der Waals surface area contributed by atoms with E-state index in [-0.39, 0.29) is 6.10 Å². The van der Waals surface area contributed by atoms with Crippen LogP contribution < -0.4 is 15.4 Å². The maximum Gasteiger partial charge on any atom is 0.217 e. The molecule has 3 heterocycles. The quantitative estimate of drug-likeness (QED) is 0.695. The van der Waals surface area contributed by atoms with Crippen molar-refractivity contribution in [2.24, 2.45) is 0 Å². The number of nitrogens with zero attached hydrogens (tertiary/aromatic N) is 2. The normalized spacial score (nSPS) is 23.1. The van der Waals surface area contributed by atoms with Gasteiger partial charge in [-0.05, 0) is 50.0 Å². The second kappa shape index (κ2) is 7.44. The Hall–Kier alpha value is -2.18. The number of piperidine rings is 1. The van der Waals surface area contributed by atoms with Gasteiger partial charge in [0.05, 0.1) is 10.2 Å². The minimum Gasteiger partial charge on any atom is -0.474 e. The van der Waals surface area contributed by atoms with Gasteiger partial charge < -0.3 is 15.4 Å². The van der Waals surface area contributed by atoms with Gasteiger partial charge in [-0.3, -0.25) is 0 Å². The molecule has 1 saturated heterocycles. The molecule has 3 aromatic rings. The molecular formula is C21H24N4OS. The van der Waals surface area contributed by atoms with Crippen LogP contribution in [0.25, 0.3) is 10.2 Å². The molecule has 0 amide bonds. The van der Waals surface area contributed by atoms with Gasteiger partial charge in [0.1, 0.15) is 6.10 Å². The van der Waals surface area contributed by atoms with Crippen LogP contribution in [-0.4, -0.2) is 35.2 Å². The Bertz CT molecular complexity index is 882. The number of anilines is 1. The molecular weight excluding hydrogens is 356 g/mol. The van der Waals surface area contributed by atoms with Crippen LogP contribution in [0.15, 0.2) is 42.6 Å². The van der Waals surface area contributed by atoms with Gasteiger partial charge in [0.15, 0.2) is 5.13 Å². The first-order valence-electron chi connectivity index (χ1n) is 9.79. The average Bonchev–Trinajstić information content (AvgIpc) is 3.10. The smallest absolute Gasteiger partial charge is 0.217 e. The number of hydrogen-bond acceptors (Lipinski definition) is 6. The van der Waals surface area contributed by atoms with E-state index < -0.39 is 0 Å². The standard InChI is InChI=1S/C21H24N4OS/c1-2-6-19-18(5-1)25-21(27-19)24-15-12-16(13-15)26-20-17(4-3-9-23-20)14-7-10-22-11-8-14/h1-6,9,14-16,22H,7-8,10-13H2,(H,24,25). The van der Waals surface area contributed by atoms with E-state index >= 15 is 0 Å². The molecule has 2 N–H and O–H groups in total. The van der Waals surface area contributed by atoms with E-state index in [2.05, 4.69) is 44.9 Å². The van der Waals surface area contributed by atoms with Crippen molar-refractivity contribution >= 4 is 26.7 Å². The molecule has 5 nitrogen and oxygen atoms in total. The number of benzene rings is 1. The number of ether oxygens (including phenoxy) is 1. The van der Waals surface area contributed by atoms with E-state index in [1.54, 1.807) is 11.3 Å². The molecule has 0 spiro atoms. The van der Waals surface area contributed by atoms with Crippen LogP contribution >= 0.6 is 11.3 Å². The summed E-state index contributed by atoms with van der Waals surface area (Å²) in [5.41, 5.74) is 2.35. The minimum atomic E-state index is 0.243. The first-order valence-corrected chi connectivity index (χ1v) is 10.6. The second-order valence-electron chi connectivity index (χ2n) is 7.46. The van der Waals surface area contributed by atoms with Crippen LogP contribution in [-0.2, 0) is 0 Å². The molecule has 0 bridgehead atoms. The SMILES string of the molecule is c1cnc(OC2CC(Nc3nc4ccccc4s3)C2)c(C2CCNCC2)c1. The highest BCUT2D eigenvalue weighted by Gasteiger charge is 2.33. The first-order chi connectivity index (χ1) is 13.3. The van der Waals surface area contributed by atoms with Gasteiger partial charge in [0.2, 0.25) is 5.88 Å². The van der Waals surface area contributed by atoms with E-state index in [1.165, 1.54) is 10.3 Å². The molecule has 2 fully saturated rings. The third kappa shape index (κ3) is 3.64. The zero-order valence-electron chi connectivity index (χ0n) is 15.2. The molecule has 2 aromatic heterocycles. The summed E-state index contributed by atoms with van der Waals surface area (Å²) in [4.78, 5) is 9.21. The van der Waals surface area contributed by atoms with Crippen molar-refractivity contribution < 1.29 is 4.74 Å². The highest BCUT2D eigenvalue weighted by Crippen LogP contribution is 2.35. The highest BCUT2D eigenvalue weighted by molar-refractivity contribution is 7.22. The van der Waals surface area contributed by atoms with Crippen molar-refractivity contribution in [1.82, 2.24) is 15.3 Å². The van der Waals surface area contributed by atoms with Crippen molar-refractivity contribution in [3.63, 3.8) is 0 Å². The molecule has 140 valence electrons. The zero-order valence-corrected chi connectivity index (χ0v) is 16.0. The lowest BCUT2D eigenvalue weighted by Gasteiger charge is -2.36. The summed E-state index contributed by atoms with van der Waals surface area (Å²) in [6.07, 6.45) is 6.40. The van der Waals surface area contributed by atoms with E-state index in [9.17, 15) is 0 Å². The molecule has 1 aliphatic carbocycles. The number of hydrogen-bond donors (Lipinski definition) is 2. The number of nitrogens with one attached hydrogen (secondary N) is 2. The van der Waals surface area contributed by atoms with E-state index in [0.29, 0.717) is 12.0 Å². The Morgan fingerprint density at radius 2 is 1.93 bits per heavy atom. The Kier molecular flexibility index (Phi) is 4.67. The highest BCUT2D eigenvalue weighted by atomic mass is 32.1. The number of fused-ring (bicyclic) bond motifs is 1. The summed E-state index contributed by atoms with van der Waals surface area (Å²) in [5, 5.41) is 8.00. The summed E-state index contributed by atoms with van der Waals surface area (Å²) in [7, 11) is 0. The lowest BCUT2D eigenvalue weighted by Crippen LogP contribution is -2.42. The van der Waals surface area contributed by atoms with Crippen molar-refractivity contribution in [1.29, 1.82) is 0 Å². The Labute approximate surface area is 163 Å². The van der Waals surface area contributed by atoms with Crippen LogP contribution in [0.3, 0.4) is 0 Å². The summed E-state index contributed by atoms with van der Waals surface area (Å²) in [5.74, 6) is 1.40. The van der Waals surface area contributed by atoms with Gasteiger partial charge in [0, 0.05) is 30.6 Å². The first kappa shape index (κ1) is 17.0. The van der Waals surface area contributed by atoms with Crippen LogP contribution in [0.5, 0.6) is 5.88 Å². The van der Waals surface area contributed by atoms with Gasteiger partial charge >= 0.3 is 0 Å². The summed E-state index contributed by atoms with van der Waals surface area (Å²) >= 11 is 1.72. The molecule has 1 aromatic carbocycles. The van der Waals surface area contributed by atoms with E-state index in [4.69, 9.17) is 4.74 Å². The topological polar surface area (TPSA) is 59.1 Å². The number of rotatable bonds is 5. The fourth-order valence-corrected chi connectivity index (χ4v) is 4.93. The zero-order chi connectivity index (χ0) is 18.1. The van der Waals surface area contributed by atoms with Gasteiger partial charge in [-0.25, -0.2) is 9.97 Å². The Morgan fingerprint density at radius 1 is 1.07 bits per heavy atom. The van der Waals surface area contributed by atoms with Crippen molar-refractivity contribution in [2.45, 2.75) is 43.7 Å². The maximum atomic E-state index is 6.27. The molecule has 6 heteroatoms.